The molecule has 1 rings (SSSR count). The fourth-order valence-corrected chi connectivity index (χ4v) is 2.97. The fourth-order valence-electron chi connectivity index (χ4n) is 1.19. The highest BCUT2D eigenvalue weighted by Gasteiger charge is 2.11. The molecule has 102 valence electrons. The summed E-state index contributed by atoms with van der Waals surface area (Å²) in [6.07, 6.45) is -0.109. The number of thiophene rings is 1. The van der Waals surface area contributed by atoms with Crippen LogP contribution in [0.2, 0.25) is 0 Å². The second-order valence-electron chi connectivity index (χ2n) is 3.90. The smallest absolute Gasteiger partial charge is 0.407 e. The van der Waals surface area contributed by atoms with E-state index in [9.17, 15) is 13.2 Å². The van der Waals surface area contributed by atoms with E-state index in [-0.39, 0.29) is 10.3 Å². The number of nitrogens with two attached hydrogens (primary N) is 1. The Bertz CT molecular complexity index is 508. The monoisotopic (exact) mass is 292 g/mol. The lowest BCUT2D eigenvalue weighted by atomic mass is 10.3. The van der Waals surface area contributed by atoms with E-state index in [1.807, 2.05) is 0 Å². The summed E-state index contributed by atoms with van der Waals surface area (Å²) in [5, 5.41) is 7.57. The Labute approximate surface area is 110 Å². The van der Waals surface area contributed by atoms with Crippen molar-refractivity contribution in [1.29, 1.82) is 0 Å². The van der Waals surface area contributed by atoms with Crippen LogP contribution in [0.3, 0.4) is 0 Å². The highest BCUT2D eigenvalue weighted by molar-refractivity contribution is 7.91. The van der Waals surface area contributed by atoms with Crippen molar-refractivity contribution in [3.63, 3.8) is 0 Å². The van der Waals surface area contributed by atoms with Crippen LogP contribution in [0.15, 0.2) is 16.3 Å². The van der Waals surface area contributed by atoms with Crippen LogP contribution in [0.1, 0.15) is 18.7 Å². The average Bonchev–Trinajstić information content (AvgIpc) is 2.64. The van der Waals surface area contributed by atoms with E-state index in [1.165, 1.54) is 6.07 Å². The van der Waals surface area contributed by atoms with Gasteiger partial charge in [0, 0.05) is 11.4 Å². The number of primary sulfonamides is 1. The molecule has 0 atom stereocenters. The molecule has 1 aromatic rings. The van der Waals surface area contributed by atoms with E-state index in [2.05, 4.69) is 5.32 Å². The topological polar surface area (TPSA) is 98.5 Å². The van der Waals surface area contributed by atoms with Gasteiger partial charge in [-0.05, 0) is 32.4 Å². The predicted octanol–water partition coefficient (Wildman–Crippen LogP) is 1.07. The third-order valence-electron chi connectivity index (χ3n) is 1.90. The first-order chi connectivity index (χ1) is 8.29. The first-order valence-corrected chi connectivity index (χ1v) is 7.71. The molecule has 0 aliphatic heterocycles. The molecule has 0 saturated carbocycles. The van der Waals surface area contributed by atoms with Gasteiger partial charge in [0.15, 0.2) is 0 Å². The molecule has 0 bridgehead atoms. The summed E-state index contributed by atoms with van der Waals surface area (Å²) in [6, 6.07) is 3.14. The molecular weight excluding hydrogens is 276 g/mol. The Kier molecular flexibility index (Phi) is 5.12. The van der Waals surface area contributed by atoms with E-state index >= 15 is 0 Å². The minimum Gasteiger partial charge on any atom is -0.447 e. The van der Waals surface area contributed by atoms with E-state index < -0.39 is 16.1 Å². The van der Waals surface area contributed by atoms with Gasteiger partial charge in [0.05, 0.1) is 6.10 Å². The molecule has 0 aliphatic carbocycles. The van der Waals surface area contributed by atoms with E-state index in [0.717, 1.165) is 16.2 Å². The number of sulfonamides is 1. The molecule has 1 amide bonds. The van der Waals surface area contributed by atoms with Crippen molar-refractivity contribution in [2.24, 2.45) is 5.14 Å². The zero-order valence-electron chi connectivity index (χ0n) is 10.2. The van der Waals surface area contributed by atoms with Crippen LogP contribution in [0.5, 0.6) is 0 Å². The molecule has 0 fully saturated rings. The summed E-state index contributed by atoms with van der Waals surface area (Å²) in [6.45, 7) is 3.91. The maximum atomic E-state index is 11.2. The number of hydrogen-bond acceptors (Lipinski definition) is 5. The molecule has 3 N–H and O–H groups in total. The zero-order valence-corrected chi connectivity index (χ0v) is 11.8. The standard InChI is InChI=1S/C10H16N2O4S2/c1-7(2)16-10(13)12-6-5-8-3-4-9(17-8)18(11,14)15/h3-4,7H,5-6H2,1-2H3,(H,12,13)(H2,11,14,15). The van der Waals surface area contributed by atoms with Gasteiger partial charge in [-0.25, -0.2) is 18.4 Å². The van der Waals surface area contributed by atoms with Crippen LogP contribution in [0.25, 0.3) is 0 Å². The third kappa shape index (κ3) is 5.03. The van der Waals surface area contributed by atoms with Crippen molar-refractivity contribution in [2.45, 2.75) is 30.6 Å². The van der Waals surface area contributed by atoms with Crippen molar-refractivity contribution < 1.29 is 17.9 Å². The molecule has 0 spiro atoms. The number of rotatable bonds is 5. The average molecular weight is 292 g/mol. The molecule has 0 radical (unpaired) electrons. The van der Waals surface area contributed by atoms with Crippen molar-refractivity contribution in [2.75, 3.05) is 6.54 Å². The van der Waals surface area contributed by atoms with Crippen molar-refractivity contribution in [3.05, 3.63) is 17.0 Å². The Morgan fingerprint density at radius 1 is 1.50 bits per heavy atom. The Morgan fingerprint density at radius 2 is 2.17 bits per heavy atom. The van der Waals surface area contributed by atoms with E-state index in [4.69, 9.17) is 9.88 Å². The van der Waals surface area contributed by atoms with Crippen LogP contribution in [-0.2, 0) is 21.2 Å². The number of carbonyl (C=O) groups is 1. The quantitative estimate of drug-likeness (QED) is 0.848. The van der Waals surface area contributed by atoms with Gasteiger partial charge < -0.3 is 10.1 Å². The SMILES string of the molecule is CC(C)OC(=O)NCCc1ccc(S(N)(=O)=O)s1. The van der Waals surface area contributed by atoms with Gasteiger partial charge >= 0.3 is 6.09 Å². The van der Waals surface area contributed by atoms with Gasteiger partial charge in [-0.1, -0.05) is 0 Å². The van der Waals surface area contributed by atoms with Gasteiger partial charge in [-0.2, -0.15) is 0 Å². The Balaban J connectivity index is 2.41. The third-order valence-corrected chi connectivity index (χ3v) is 4.48. The second-order valence-corrected chi connectivity index (χ2v) is 6.85. The Hall–Kier alpha value is -1.12. The summed E-state index contributed by atoms with van der Waals surface area (Å²) >= 11 is 1.10. The number of hydrogen-bond donors (Lipinski definition) is 2. The molecule has 8 heteroatoms. The van der Waals surface area contributed by atoms with E-state index in [1.54, 1.807) is 19.9 Å². The first-order valence-electron chi connectivity index (χ1n) is 5.35. The summed E-state index contributed by atoms with van der Waals surface area (Å²) in [4.78, 5) is 12.0. The molecule has 0 unspecified atom stereocenters. The van der Waals surface area contributed by atoms with E-state index in [0.29, 0.717) is 13.0 Å². The maximum Gasteiger partial charge on any atom is 0.407 e. The lowest BCUT2D eigenvalue weighted by Crippen LogP contribution is -2.28. The van der Waals surface area contributed by atoms with Gasteiger partial charge in [-0.3, -0.25) is 0 Å². The Morgan fingerprint density at radius 3 is 2.67 bits per heavy atom. The molecular formula is C10H16N2O4S2. The summed E-state index contributed by atoms with van der Waals surface area (Å²) in [5.41, 5.74) is 0. The number of alkyl carbamates (subject to hydrolysis) is 1. The molecule has 1 heterocycles. The molecule has 0 aliphatic rings. The highest BCUT2D eigenvalue weighted by Crippen LogP contribution is 2.20. The minimum absolute atomic E-state index is 0.127. The van der Waals surface area contributed by atoms with Crippen LogP contribution in [0, 0.1) is 0 Å². The highest BCUT2D eigenvalue weighted by atomic mass is 32.2. The largest absolute Gasteiger partial charge is 0.447 e. The second kappa shape index (κ2) is 6.17. The molecule has 1 aromatic heterocycles. The molecule has 18 heavy (non-hydrogen) atoms. The van der Waals surface area contributed by atoms with Gasteiger partial charge in [-0.15, -0.1) is 11.3 Å². The summed E-state index contributed by atoms with van der Waals surface area (Å²) < 4.78 is 27.1. The molecule has 6 nitrogen and oxygen atoms in total. The van der Waals surface area contributed by atoms with Crippen LogP contribution >= 0.6 is 11.3 Å². The van der Waals surface area contributed by atoms with Gasteiger partial charge in [0.25, 0.3) is 0 Å². The van der Waals surface area contributed by atoms with Crippen molar-refractivity contribution >= 4 is 27.5 Å². The lowest BCUT2D eigenvalue weighted by molar-refractivity contribution is 0.116. The number of nitrogens with one attached hydrogen (secondary N) is 1. The molecule has 0 aromatic carbocycles. The first kappa shape index (κ1) is 14.9. The lowest BCUT2D eigenvalue weighted by Gasteiger charge is -2.08. The minimum atomic E-state index is -3.63. The van der Waals surface area contributed by atoms with Crippen LogP contribution in [0.4, 0.5) is 4.79 Å². The van der Waals surface area contributed by atoms with Crippen LogP contribution in [-0.4, -0.2) is 27.2 Å². The van der Waals surface area contributed by atoms with Gasteiger partial charge in [0.2, 0.25) is 10.0 Å². The van der Waals surface area contributed by atoms with Crippen molar-refractivity contribution in [1.82, 2.24) is 5.32 Å². The maximum absolute atomic E-state index is 11.2. The number of ether oxygens (including phenoxy) is 1. The molecule has 0 saturated heterocycles. The summed E-state index contributed by atoms with van der Waals surface area (Å²) in [5.74, 6) is 0. The normalized spacial score (nSPS) is 11.6. The predicted molar refractivity (Wildman–Crippen MR) is 69.0 cm³/mol. The number of carbonyl (C=O) groups excluding carboxylic acids is 1. The zero-order chi connectivity index (χ0) is 13.8. The summed E-state index contributed by atoms with van der Waals surface area (Å²) in [7, 11) is -3.63. The van der Waals surface area contributed by atoms with Crippen molar-refractivity contribution in [3.8, 4) is 0 Å². The van der Waals surface area contributed by atoms with Gasteiger partial charge in [0.1, 0.15) is 4.21 Å². The number of amides is 1. The fraction of sp³-hybridized carbons (Fsp3) is 0.500. The van der Waals surface area contributed by atoms with Crippen LogP contribution < -0.4 is 10.5 Å².